The van der Waals surface area contributed by atoms with Gasteiger partial charge in [-0.15, -0.1) is 0 Å². The molecule has 0 aliphatic carbocycles. The minimum absolute atomic E-state index is 0.669. The first-order valence-electron chi connectivity index (χ1n) is 7.66. The molecule has 2 N–H and O–H groups in total. The molecular weight excluding hydrogens is 272 g/mol. The molecule has 0 aliphatic heterocycles. The number of anilines is 1. The summed E-state index contributed by atoms with van der Waals surface area (Å²) < 4.78 is 5.86. The quantitative estimate of drug-likeness (QED) is 0.694. The van der Waals surface area contributed by atoms with E-state index >= 15 is 0 Å². The molecule has 0 fully saturated rings. The predicted octanol–water partition coefficient (Wildman–Crippen LogP) is 4.92. The van der Waals surface area contributed by atoms with Crippen LogP contribution in [0.3, 0.4) is 0 Å². The Balaban J connectivity index is 2.02. The van der Waals surface area contributed by atoms with E-state index in [1.165, 1.54) is 5.56 Å². The number of allylic oxidation sites excluding steroid dienone is 1. The second-order valence-corrected chi connectivity index (χ2v) is 5.33. The number of hydrogen-bond acceptors (Lipinski definition) is 3. The molecule has 0 spiro atoms. The molecule has 0 atom stereocenters. The van der Waals surface area contributed by atoms with Crippen molar-refractivity contribution >= 4 is 28.4 Å². The van der Waals surface area contributed by atoms with E-state index in [1.807, 2.05) is 30.3 Å². The summed E-state index contributed by atoms with van der Waals surface area (Å²) in [5, 5.41) is 0. The van der Waals surface area contributed by atoms with Crippen LogP contribution in [-0.4, -0.2) is 4.98 Å². The average molecular weight is 292 g/mol. The van der Waals surface area contributed by atoms with Crippen LogP contribution < -0.4 is 5.73 Å². The summed E-state index contributed by atoms with van der Waals surface area (Å²) in [5.74, 6) is 0.669. The maximum Gasteiger partial charge on any atom is 0.223 e. The summed E-state index contributed by atoms with van der Waals surface area (Å²) in [7, 11) is 0. The molecule has 0 aliphatic rings. The van der Waals surface area contributed by atoms with E-state index in [4.69, 9.17) is 10.2 Å². The van der Waals surface area contributed by atoms with Gasteiger partial charge in [-0.05, 0) is 48.2 Å². The summed E-state index contributed by atoms with van der Waals surface area (Å²) in [6.07, 6.45) is 3.89. The molecule has 3 nitrogen and oxygen atoms in total. The van der Waals surface area contributed by atoms with Crippen LogP contribution in [0.2, 0.25) is 0 Å². The van der Waals surface area contributed by atoms with Crippen molar-refractivity contribution in [3.63, 3.8) is 0 Å². The standard InChI is InChI=1S/C19H20N2O/c1-3-13-9-10-15(16(20)11-13)12-14(4-2)19-21-17-7-5-6-8-18(17)22-19/h5-12H,3-4,20H2,1-2H3. The molecule has 0 saturated heterocycles. The van der Waals surface area contributed by atoms with Gasteiger partial charge in [0.25, 0.3) is 0 Å². The lowest BCUT2D eigenvalue weighted by atomic mass is 10.0. The van der Waals surface area contributed by atoms with E-state index in [0.717, 1.165) is 40.8 Å². The molecule has 3 aromatic rings. The Labute approximate surface area is 130 Å². The van der Waals surface area contributed by atoms with Crippen molar-refractivity contribution in [2.24, 2.45) is 0 Å². The first kappa shape index (κ1) is 14.4. The molecule has 0 bridgehead atoms. The van der Waals surface area contributed by atoms with Crippen molar-refractivity contribution < 1.29 is 4.42 Å². The second-order valence-electron chi connectivity index (χ2n) is 5.33. The van der Waals surface area contributed by atoms with Gasteiger partial charge in [-0.3, -0.25) is 0 Å². The van der Waals surface area contributed by atoms with Crippen molar-refractivity contribution in [1.82, 2.24) is 4.98 Å². The molecule has 1 aromatic heterocycles. The number of nitrogens with two attached hydrogens (primary N) is 1. The number of nitrogen functional groups attached to an aromatic ring is 1. The lowest BCUT2D eigenvalue weighted by molar-refractivity contribution is 0.582. The highest BCUT2D eigenvalue weighted by atomic mass is 16.3. The maximum atomic E-state index is 6.16. The lowest BCUT2D eigenvalue weighted by Gasteiger charge is -2.05. The molecule has 1 heterocycles. The van der Waals surface area contributed by atoms with E-state index in [-0.39, 0.29) is 0 Å². The third-order valence-corrected chi connectivity index (χ3v) is 3.84. The Bertz CT molecular complexity index is 797. The van der Waals surface area contributed by atoms with Gasteiger partial charge in [0.2, 0.25) is 5.89 Å². The summed E-state index contributed by atoms with van der Waals surface area (Å²) in [6.45, 7) is 4.22. The Morgan fingerprint density at radius 1 is 1.18 bits per heavy atom. The highest BCUT2D eigenvalue weighted by Gasteiger charge is 2.10. The topological polar surface area (TPSA) is 52.0 Å². The number of aryl methyl sites for hydroxylation is 1. The predicted molar refractivity (Wildman–Crippen MR) is 92.4 cm³/mol. The molecule has 112 valence electrons. The lowest BCUT2D eigenvalue weighted by Crippen LogP contribution is -1.93. The first-order valence-corrected chi connectivity index (χ1v) is 7.66. The van der Waals surface area contributed by atoms with Crippen LogP contribution in [0.1, 0.15) is 37.3 Å². The number of para-hydroxylation sites is 2. The number of oxazole rings is 1. The van der Waals surface area contributed by atoms with Gasteiger partial charge in [-0.1, -0.05) is 38.1 Å². The van der Waals surface area contributed by atoms with E-state index in [1.54, 1.807) is 0 Å². The summed E-state index contributed by atoms with van der Waals surface area (Å²) in [5.41, 5.74) is 11.9. The van der Waals surface area contributed by atoms with Gasteiger partial charge in [0.05, 0.1) is 0 Å². The summed E-state index contributed by atoms with van der Waals surface area (Å²) in [6, 6.07) is 14.0. The third-order valence-electron chi connectivity index (χ3n) is 3.84. The summed E-state index contributed by atoms with van der Waals surface area (Å²) >= 11 is 0. The van der Waals surface area contributed by atoms with Crippen LogP contribution in [0.15, 0.2) is 46.9 Å². The Morgan fingerprint density at radius 2 is 2.00 bits per heavy atom. The number of rotatable bonds is 4. The summed E-state index contributed by atoms with van der Waals surface area (Å²) in [4.78, 5) is 4.57. The maximum absolute atomic E-state index is 6.16. The largest absolute Gasteiger partial charge is 0.436 e. The molecule has 0 amide bonds. The molecule has 3 rings (SSSR count). The Hall–Kier alpha value is -2.55. The van der Waals surface area contributed by atoms with Crippen LogP contribution in [0.25, 0.3) is 22.7 Å². The van der Waals surface area contributed by atoms with Gasteiger partial charge in [0, 0.05) is 11.3 Å². The second kappa shape index (κ2) is 6.06. The van der Waals surface area contributed by atoms with Gasteiger partial charge >= 0.3 is 0 Å². The smallest absolute Gasteiger partial charge is 0.223 e. The van der Waals surface area contributed by atoms with Gasteiger partial charge in [0.1, 0.15) is 5.52 Å². The Morgan fingerprint density at radius 3 is 2.68 bits per heavy atom. The van der Waals surface area contributed by atoms with Gasteiger partial charge in [-0.25, -0.2) is 4.98 Å². The number of hydrogen-bond donors (Lipinski definition) is 1. The van der Waals surface area contributed by atoms with Crippen molar-refractivity contribution in [2.45, 2.75) is 26.7 Å². The molecule has 2 aromatic carbocycles. The highest BCUT2D eigenvalue weighted by molar-refractivity contribution is 5.84. The zero-order chi connectivity index (χ0) is 15.5. The van der Waals surface area contributed by atoms with Crippen molar-refractivity contribution in [1.29, 1.82) is 0 Å². The molecule has 0 radical (unpaired) electrons. The van der Waals surface area contributed by atoms with Crippen LogP contribution in [0.4, 0.5) is 5.69 Å². The van der Waals surface area contributed by atoms with Gasteiger partial charge < -0.3 is 10.2 Å². The fraction of sp³-hybridized carbons (Fsp3) is 0.211. The zero-order valence-corrected chi connectivity index (χ0v) is 13.0. The minimum Gasteiger partial charge on any atom is -0.436 e. The zero-order valence-electron chi connectivity index (χ0n) is 13.0. The molecule has 22 heavy (non-hydrogen) atoms. The van der Waals surface area contributed by atoms with Crippen LogP contribution >= 0.6 is 0 Å². The van der Waals surface area contributed by atoms with E-state index in [9.17, 15) is 0 Å². The van der Waals surface area contributed by atoms with Crippen molar-refractivity contribution in [2.75, 3.05) is 5.73 Å². The fourth-order valence-electron chi connectivity index (χ4n) is 2.49. The van der Waals surface area contributed by atoms with Crippen LogP contribution in [-0.2, 0) is 6.42 Å². The number of benzene rings is 2. The SMILES string of the molecule is CCC(=Cc1ccc(CC)cc1N)c1nc2ccccc2o1. The highest BCUT2D eigenvalue weighted by Crippen LogP contribution is 2.27. The van der Waals surface area contributed by atoms with Crippen LogP contribution in [0.5, 0.6) is 0 Å². The third kappa shape index (κ3) is 2.75. The average Bonchev–Trinajstić information content (AvgIpc) is 2.97. The molecule has 0 unspecified atom stereocenters. The number of fused-ring (bicyclic) bond motifs is 1. The normalized spacial score (nSPS) is 12.0. The van der Waals surface area contributed by atoms with Gasteiger partial charge in [0.15, 0.2) is 5.58 Å². The van der Waals surface area contributed by atoms with Crippen molar-refractivity contribution in [3.05, 3.63) is 59.5 Å². The molecule has 3 heteroatoms. The monoisotopic (exact) mass is 292 g/mol. The fourth-order valence-corrected chi connectivity index (χ4v) is 2.49. The van der Waals surface area contributed by atoms with E-state index < -0.39 is 0 Å². The van der Waals surface area contributed by atoms with Crippen LogP contribution in [0, 0.1) is 0 Å². The van der Waals surface area contributed by atoms with E-state index in [0.29, 0.717) is 5.89 Å². The molecular formula is C19H20N2O. The minimum atomic E-state index is 0.669. The molecule has 0 saturated carbocycles. The van der Waals surface area contributed by atoms with E-state index in [2.05, 4.69) is 37.0 Å². The van der Waals surface area contributed by atoms with Gasteiger partial charge in [-0.2, -0.15) is 0 Å². The number of nitrogens with zero attached hydrogens (tertiary/aromatic N) is 1. The number of aromatic nitrogens is 1. The Kier molecular flexibility index (Phi) is 3.96. The van der Waals surface area contributed by atoms with Crippen molar-refractivity contribution in [3.8, 4) is 0 Å². The first-order chi connectivity index (χ1) is 10.7.